The SMILES string of the molecule is CC(C)(C)OC(=O)N[C@H]1CCN([C@@H](C(=O)O)c2ccc3ccccc3c2)C1. The molecule has 2 aromatic carbocycles. The quantitative estimate of drug-likeness (QED) is 0.860. The average molecular weight is 370 g/mol. The van der Waals surface area contributed by atoms with Gasteiger partial charge in [0.25, 0.3) is 0 Å². The number of rotatable bonds is 4. The summed E-state index contributed by atoms with van der Waals surface area (Å²) in [5, 5.41) is 14.8. The van der Waals surface area contributed by atoms with Crippen molar-refractivity contribution in [3.05, 3.63) is 48.0 Å². The van der Waals surface area contributed by atoms with Gasteiger partial charge >= 0.3 is 12.1 Å². The fourth-order valence-electron chi connectivity index (χ4n) is 3.50. The van der Waals surface area contributed by atoms with E-state index >= 15 is 0 Å². The number of ether oxygens (including phenoxy) is 1. The standard InChI is InChI=1S/C21H26N2O4/c1-21(2,3)27-20(26)22-17-10-11-23(13-17)18(19(24)25)16-9-8-14-6-4-5-7-15(14)12-16/h4-9,12,17-18H,10-11,13H2,1-3H3,(H,22,26)(H,24,25)/t17-,18+/m0/s1. The maximum Gasteiger partial charge on any atom is 0.407 e. The zero-order chi connectivity index (χ0) is 19.6. The van der Waals surface area contributed by atoms with E-state index in [2.05, 4.69) is 5.32 Å². The van der Waals surface area contributed by atoms with Gasteiger partial charge in [-0.25, -0.2) is 4.79 Å². The van der Waals surface area contributed by atoms with E-state index in [9.17, 15) is 14.7 Å². The monoisotopic (exact) mass is 370 g/mol. The molecule has 2 N–H and O–H groups in total. The van der Waals surface area contributed by atoms with Crippen molar-refractivity contribution in [2.45, 2.75) is 44.9 Å². The van der Waals surface area contributed by atoms with Crippen molar-refractivity contribution < 1.29 is 19.4 Å². The zero-order valence-electron chi connectivity index (χ0n) is 15.9. The average Bonchev–Trinajstić information content (AvgIpc) is 3.00. The summed E-state index contributed by atoms with van der Waals surface area (Å²) in [4.78, 5) is 25.9. The zero-order valence-corrected chi connectivity index (χ0v) is 15.9. The molecule has 0 aliphatic carbocycles. The molecule has 1 heterocycles. The molecule has 1 aliphatic rings. The first-order valence-electron chi connectivity index (χ1n) is 9.18. The van der Waals surface area contributed by atoms with Gasteiger partial charge in [0.15, 0.2) is 0 Å². The molecule has 1 saturated heterocycles. The number of nitrogens with zero attached hydrogens (tertiary/aromatic N) is 1. The first-order valence-corrected chi connectivity index (χ1v) is 9.18. The molecule has 2 aromatic rings. The first kappa shape index (κ1) is 19.2. The summed E-state index contributed by atoms with van der Waals surface area (Å²) in [5.74, 6) is -0.886. The summed E-state index contributed by atoms with van der Waals surface area (Å²) in [5.41, 5.74) is 0.191. The summed E-state index contributed by atoms with van der Waals surface area (Å²) < 4.78 is 5.29. The maximum atomic E-state index is 12.0. The Morgan fingerprint density at radius 2 is 1.89 bits per heavy atom. The van der Waals surface area contributed by atoms with Crippen LogP contribution in [0.3, 0.4) is 0 Å². The molecule has 1 amide bonds. The van der Waals surface area contributed by atoms with Gasteiger partial charge in [-0.05, 0) is 49.6 Å². The Kier molecular flexibility index (Phi) is 5.37. The Labute approximate surface area is 159 Å². The highest BCUT2D eigenvalue weighted by Gasteiger charge is 2.34. The van der Waals surface area contributed by atoms with Gasteiger partial charge in [-0.3, -0.25) is 9.69 Å². The van der Waals surface area contributed by atoms with E-state index in [1.54, 1.807) is 0 Å². The molecule has 0 unspecified atom stereocenters. The summed E-state index contributed by atoms with van der Waals surface area (Å²) in [6.07, 6.45) is 0.225. The molecule has 0 aromatic heterocycles. The fourth-order valence-corrected chi connectivity index (χ4v) is 3.50. The number of amides is 1. The van der Waals surface area contributed by atoms with E-state index in [1.165, 1.54) is 0 Å². The minimum atomic E-state index is -0.886. The maximum absolute atomic E-state index is 12.0. The number of fused-ring (bicyclic) bond motifs is 1. The summed E-state index contributed by atoms with van der Waals surface area (Å²) >= 11 is 0. The van der Waals surface area contributed by atoms with Crippen LogP contribution in [-0.4, -0.2) is 46.8 Å². The Balaban J connectivity index is 1.72. The second kappa shape index (κ2) is 7.56. The van der Waals surface area contributed by atoms with E-state index in [0.717, 1.165) is 16.3 Å². The summed E-state index contributed by atoms with van der Waals surface area (Å²) in [7, 11) is 0. The lowest BCUT2D eigenvalue weighted by molar-refractivity contribution is -0.143. The smallest absolute Gasteiger partial charge is 0.407 e. The van der Waals surface area contributed by atoms with E-state index < -0.39 is 23.7 Å². The van der Waals surface area contributed by atoms with E-state index in [4.69, 9.17) is 4.74 Å². The highest BCUT2D eigenvalue weighted by atomic mass is 16.6. The lowest BCUT2D eigenvalue weighted by atomic mass is 10.0. The summed E-state index contributed by atoms with van der Waals surface area (Å²) in [6, 6.07) is 12.8. The van der Waals surface area contributed by atoms with Crippen molar-refractivity contribution in [2.24, 2.45) is 0 Å². The normalized spacial score (nSPS) is 19.0. The fraction of sp³-hybridized carbons (Fsp3) is 0.429. The van der Waals surface area contributed by atoms with Gasteiger partial charge in [0.2, 0.25) is 0 Å². The number of carbonyl (C=O) groups excluding carboxylic acids is 1. The Hall–Kier alpha value is -2.60. The molecule has 144 valence electrons. The van der Waals surface area contributed by atoms with Crippen LogP contribution in [0.2, 0.25) is 0 Å². The molecular weight excluding hydrogens is 344 g/mol. The Bertz CT molecular complexity index is 843. The number of hydrogen-bond acceptors (Lipinski definition) is 4. The molecule has 6 nitrogen and oxygen atoms in total. The molecule has 1 aliphatic heterocycles. The predicted molar refractivity (Wildman–Crippen MR) is 104 cm³/mol. The summed E-state index contributed by atoms with van der Waals surface area (Å²) in [6.45, 7) is 6.52. The van der Waals surface area contributed by atoms with Crippen LogP contribution in [0.5, 0.6) is 0 Å². The first-order chi connectivity index (χ1) is 12.7. The molecule has 1 fully saturated rings. The van der Waals surface area contributed by atoms with Crippen molar-refractivity contribution in [1.82, 2.24) is 10.2 Å². The molecule has 0 saturated carbocycles. The minimum Gasteiger partial charge on any atom is -0.480 e. The number of aliphatic carboxylic acids is 1. The molecule has 0 bridgehead atoms. The van der Waals surface area contributed by atoms with Gasteiger partial charge in [-0.15, -0.1) is 0 Å². The number of carboxylic acid groups (broad SMARTS) is 1. The number of carbonyl (C=O) groups is 2. The lowest BCUT2D eigenvalue weighted by Gasteiger charge is -2.25. The van der Waals surface area contributed by atoms with Crippen LogP contribution in [-0.2, 0) is 9.53 Å². The van der Waals surface area contributed by atoms with Crippen LogP contribution in [0.4, 0.5) is 4.79 Å². The number of likely N-dealkylation sites (tertiary alicyclic amines) is 1. The predicted octanol–water partition coefficient (Wildman–Crippen LogP) is 3.56. The van der Waals surface area contributed by atoms with Gasteiger partial charge in [-0.1, -0.05) is 36.4 Å². The topological polar surface area (TPSA) is 78.9 Å². The van der Waals surface area contributed by atoms with Gasteiger partial charge in [-0.2, -0.15) is 0 Å². The molecule has 6 heteroatoms. The third-order valence-corrected chi connectivity index (χ3v) is 4.63. The highest BCUT2D eigenvalue weighted by molar-refractivity contribution is 5.85. The van der Waals surface area contributed by atoms with Crippen LogP contribution >= 0.6 is 0 Å². The molecule has 2 atom stereocenters. The van der Waals surface area contributed by atoms with Crippen molar-refractivity contribution in [2.75, 3.05) is 13.1 Å². The second-order valence-corrected chi connectivity index (χ2v) is 7.97. The molecular formula is C21H26N2O4. The van der Waals surface area contributed by atoms with Crippen LogP contribution in [0.25, 0.3) is 10.8 Å². The van der Waals surface area contributed by atoms with Crippen LogP contribution < -0.4 is 5.32 Å². The molecule has 3 rings (SSSR count). The minimum absolute atomic E-state index is 0.123. The van der Waals surface area contributed by atoms with Gasteiger partial charge in [0.05, 0.1) is 0 Å². The van der Waals surface area contributed by atoms with Crippen LogP contribution in [0, 0.1) is 0 Å². The van der Waals surface area contributed by atoms with E-state index in [1.807, 2.05) is 68.1 Å². The van der Waals surface area contributed by atoms with Crippen molar-refractivity contribution in [1.29, 1.82) is 0 Å². The third kappa shape index (κ3) is 4.77. The Morgan fingerprint density at radius 1 is 1.19 bits per heavy atom. The van der Waals surface area contributed by atoms with Crippen LogP contribution in [0.15, 0.2) is 42.5 Å². The van der Waals surface area contributed by atoms with E-state index in [0.29, 0.717) is 19.5 Å². The van der Waals surface area contributed by atoms with Crippen LogP contribution in [0.1, 0.15) is 38.8 Å². The van der Waals surface area contributed by atoms with Gasteiger partial charge < -0.3 is 15.2 Å². The number of nitrogens with one attached hydrogen (secondary N) is 1. The van der Waals surface area contributed by atoms with Crippen molar-refractivity contribution in [3.63, 3.8) is 0 Å². The number of benzene rings is 2. The largest absolute Gasteiger partial charge is 0.480 e. The third-order valence-electron chi connectivity index (χ3n) is 4.63. The number of hydrogen-bond donors (Lipinski definition) is 2. The number of carboxylic acids is 1. The number of alkyl carbamates (subject to hydrolysis) is 1. The Morgan fingerprint density at radius 3 is 2.56 bits per heavy atom. The lowest BCUT2D eigenvalue weighted by Crippen LogP contribution is -2.41. The van der Waals surface area contributed by atoms with Gasteiger partial charge in [0, 0.05) is 19.1 Å². The second-order valence-electron chi connectivity index (χ2n) is 7.97. The molecule has 0 spiro atoms. The molecule has 27 heavy (non-hydrogen) atoms. The van der Waals surface area contributed by atoms with Gasteiger partial charge in [0.1, 0.15) is 11.6 Å². The highest BCUT2D eigenvalue weighted by Crippen LogP contribution is 2.28. The van der Waals surface area contributed by atoms with Crippen molar-refractivity contribution >= 4 is 22.8 Å². The van der Waals surface area contributed by atoms with E-state index in [-0.39, 0.29) is 6.04 Å². The van der Waals surface area contributed by atoms with Crippen molar-refractivity contribution in [3.8, 4) is 0 Å². The molecule has 0 radical (unpaired) electrons.